The van der Waals surface area contributed by atoms with Gasteiger partial charge in [0.2, 0.25) is 15.9 Å². The zero-order valence-corrected chi connectivity index (χ0v) is 13.9. The summed E-state index contributed by atoms with van der Waals surface area (Å²) in [6, 6.07) is 9.85. The summed E-state index contributed by atoms with van der Waals surface area (Å²) < 4.78 is 29.6. The maximum absolute atomic E-state index is 11.8. The van der Waals surface area contributed by atoms with Gasteiger partial charge in [-0.15, -0.1) is 0 Å². The smallest absolute Gasteiger partial charge is 0.235 e. The normalized spacial score (nSPS) is 11.6. The van der Waals surface area contributed by atoms with Crippen molar-refractivity contribution in [2.45, 2.75) is 12.8 Å². The minimum absolute atomic E-state index is 0.155. The van der Waals surface area contributed by atoms with Gasteiger partial charge in [-0.1, -0.05) is 30.3 Å². The van der Waals surface area contributed by atoms with Gasteiger partial charge in [0.1, 0.15) is 0 Å². The Hall–Kier alpha value is -1.44. The van der Waals surface area contributed by atoms with Crippen LogP contribution < -0.4 is 5.32 Å². The Morgan fingerprint density at radius 3 is 2.55 bits per heavy atom. The molecule has 22 heavy (non-hydrogen) atoms. The molecular formula is C15H24N2O4S. The van der Waals surface area contributed by atoms with E-state index in [-0.39, 0.29) is 12.5 Å². The Kier molecular flexibility index (Phi) is 8.08. The van der Waals surface area contributed by atoms with Crippen molar-refractivity contribution >= 4 is 15.9 Å². The van der Waals surface area contributed by atoms with E-state index < -0.39 is 10.0 Å². The summed E-state index contributed by atoms with van der Waals surface area (Å²) >= 11 is 0. The number of hydrogen-bond acceptors (Lipinski definition) is 4. The van der Waals surface area contributed by atoms with Gasteiger partial charge in [0.25, 0.3) is 0 Å². The number of hydrogen-bond donors (Lipinski definition) is 1. The van der Waals surface area contributed by atoms with Gasteiger partial charge in [0, 0.05) is 20.2 Å². The van der Waals surface area contributed by atoms with Crippen molar-refractivity contribution in [2.24, 2.45) is 0 Å². The van der Waals surface area contributed by atoms with Crippen molar-refractivity contribution in [1.82, 2.24) is 9.62 Å². The molecular weight excluding hydrogens is 304 g/mol. The molecule has 0 radical (unpaired) electrons. The molecule has 0 heterocycles. The van der Waals surface area contributed by atoms with Crippen LogP contribution in [-0.2, 0) is 26.0 Å². The topological polar surface area (TPSA) is 75.7 Å². The monoisotopic (exact) mass is 328 g/mol. The first-order valence-electron chi connectivity index (χ1n) is 7.18. The lowest BCUT2D eigenvalue weighted by atomic mass is 10.1. The number of ether oxygens (including phenoxy) is 1. The first-order chi connectivity index (χ1) is 10.4. The number of methoxy groups -OCH3 is 1. The Bertz CT molecular complexity index is 546. The SMILES string of the molecule is COCCNC(=O)CN(CCCc1ccccc1)S(C)(=O)=O. The van der Waals surface area contributed by atoms with E-state index >= 15 is 0 Å². The second-order valence-corrected chi connectivity index (χ2v) is 7.01. The fourth-order valence-corrected chi connectivity index (χ4v) is 2.79. The molecule has 1 aromatic carbocycles. The largest absolute Gasteiger partial charge is 0.383 e. The molecule has 0 spiro atoms. The molecule has 0 aliphatic heterocycles. The van der Waals surface area contributed by atoms with E-state index in [1.165, 1.54) is 4.31 Å². The van der Waals surface area contributed by atoms with Crippen LogP contribution in [0.25, 0.3) is 0 Å². The first kappa shape index (κ1) is 18.6. The molecule has 1 N–H and O–H groups in total. The van der Waals surface area contributed by atoms with Gasteiger partial charge >= 0.3 is 0 Å². The number of carbonyl (C=O) groups excluding carboxylic acids is 1. The standard InChI is InChI=1S/C15H24N2O4S/c1-21-12-10-16-15(18)13-17(22(2,19)20)11-6-9-14-7-4-3-5-8-14/h3-5,7-8H,6,9-13H2,1-2H3,(H,16,18). The molecule has 0 bridgehead atoms. The number of sulfonamides is 1. The second-order valence-electron chi connectivity index (χ2n) is 5.03. The van der Waals surface area contributed by atoms with E-state index in [1.54, 1.807) is 7.11 Å². The van der Waals surface area contributed by atoms with Gasteiger partial charge < -0.3 is 10.1 Å². The third kappa shape index (κ3) is 7.53. The van der Waals surface area contributed by atoms with Crippen LogP contribution in [0.15, 0.2) is 30.3 Å². The van der Waals surface area contributed by atoms with Crippen LogP contribution in [-0.4, -0.2) is 58.2 Å². The fourth-order valence-electron chi connectivity index (χ4n) is 1.97. The van der Waals surface area contributed by atoms with E-state index in [0.717, 1.165) is 18.2 Å². The van der Waals surface area contributed by atoms with E-state index in [2.05, 4.69) is 5.32 Å². The van der Waals surface area contributed by atoms with Crippen LogP contribution in [0.5, 0.6) is 0 Å². The lowest BCUT2D eigenvalue weighted by Gasteiger charge is -2.19. The average Bonchev–Trinajstić information content (AvgIpc) is 2.46. The zero-order valence-electron chi connectivity index (χ0n) is 13.1. The second kappa shape index (κ2) is 9.55. The molecule has 1 rings (SSSR count). The Balaban J connectivity index is 2.46. The average molecular weight is 328 g/mol. The van der Waals surface area contributed by atoms with E-state index in [4.69, 9.17) is 4.74 Å². The van der Waals surface area contributed by atoms with E-state index in [9.17, 15) is 13.2 Å². The fraction of sp³-hybridized carbons (Fsp3) is 0.533. The van der Waals surface area contributed by atoms with Crippen molar-refractivity contribution in [1.29, 1.82) is 0 Å². The minimum Gasteiger partial charge on any atom is -0.383 e. The molecule has 1 amide bonds. The summed E-state index contributed by atoms with van der Waals surface area (Å²) in [6.45, 7) is 0.943. The molecule has 7 heteroatoms. The predicted molar refractivity (Wildman–Crippen MR) is 86.1 cm³/mol. The maximum Gasteiger partial charge on any atom is 0.235 e. The molecule has 0 saturated carbocycles. The van der Waals surface area contributed by atoms with Gasteiger partial charge in [0.05, 0.1) is 19.4 Å². The molecule has 0 aliphatic rings. The van der Waals surface area contributed by atoms with Gasteiger partial charge in [-0.05, 0) is 18.4 Å². The lowest BCUT2D eigenvalue weighted by molar-refractivity contribution is -0.121. The van der Waals surface area contributed by atoms with Gasteiger partial charge in [-0.2, -0.15) is 4.31 Å². The van der Waals surface area contributed by atoms with Crippen LogP contribution in [0.3, 0.4) is 0 Å². The van der Waals surface area contributed by atoms with E-state index in [0.29, 0.717) is 26.1 Å². The number of nitrogens with one attached hydrogen (secondary N) is 1. The zero-order chi connectivity index (χ0) is 16.4. The Morgan fingerprint density at radius 1 is 1.27 bits per heavy atom. The third-order valence-corrected chi connectivity index (χ3v) is 4.38. The van der Waals surface area contributed by atoms with Crippen molar-refractivity contribution in [3.63, 3.8) is 0 Å². The molecule has 124 valence electrons. The van der Waals surface area contributed by atoms with Gasteiger partial charge in [-0.3, -0.25) is 4.79 Å². The van der Waals surface area contributed by atoms with Crippen LogP contribution in [0.2, 0.25) is 0 Å². The van der Waals surface area contributed by atoms with Crippen LogP contribution in [0.1, 0.15) is 12.0 Å². The number of amides is 1. The van der Waals surface area contributed by atoms with Gasteiger partial charge in [-0.25, -0.2) is 8.42 Å². The maximum atomic E-state index is 11.8. The predicted octanol–water partition coefficient (Wildman–Crippen LogP) is 0.643. The minimum atomic E-state index is -3.40. The van der Waals surface area contributed by atoms with Crippen molar-refractivity contribution < 1.29 is 17.9 Å². The van der Waals surface area contributed by atoms with Crippen LogP contribution >= 0.6 is 0 Å². The first-order valence-corrected chi connectivity index (χ1v) is 9.03. The van der Waals surface area contributed by atoms with Crippen LogP contribution in [0.4, 0.5) is 0 Å². The number of benzene rings is 1. The lowest BCUT2D eigenvalue weighted by Crippen LogP contribution is -2.41. The quantitative estimate of drug-likeness (QED) is 0.640. The van der Waals surface area contributed by atoms with Crippen molar-refractivity contribution in [3.8, 4) is 0 Å². The number of carbonyl (C=O) groups is 1. The number of aryl methyl sites for hydroxylation is 1. The number of rotatable bonds is 10. The van der Waals surface area contributed by atoms with Crippen LogP contribution in [0, 0.1) is 0 Å². The summed E-state index contributed by atoms with van der Waals surface area (Å²) in [5.41, 5.74) is 1.15. The highest BCUT2D eigenvalue weighted by atomic mass is 32.2. The summed E-state index contributed by atoms with van der Waals surface area (Å²) in [7, 11) is -1.86. The summed E-state index contributed by atoms with van der Waals surface area (Å²) in [6.07, 6.45) is 2.57. The highest BCUT2D eigenvalue weighted by Gasteiger charge is 2.19. The number of nitrogens with zero attached hydrogens (tertiary/aromatic N) is 1. The Labute approximate surface area is 132 Å². The molecule has 0 aliphatic carbocycles. The molecule has 6 nitrogen and oxygen atoms in total. The van der Waals surface area contributed by atoms with Gasteiger partial charge in [0.15, 0.2) is 0 Å². The molecule has 0 fully saturated rings. The molecule has 0 atom stereocenters. The molecule has 0 unspecified atom stereocenters. The summed E-state index contributed by atoms with van der Waals surface area (Å²) in [4.78, 5) is 11.7. The highest BCUT2D eigenvalue weighted by molar-refractivity contribution is 7.88. The highest BCUT2D eigenvalue weighted by Crippen LogP contribution is 2.06. The summed E-state index contributed by atoms with van der Waals surface area (Å²) in [5.74, 6) is -0.317. The third-order valence-electron chi connectivity index (χ3n) is 3.13. The molecule has 0 aromatic heterocycles. The van der Waals surface area contributed by atoms with E-state index in [1.807, 2.05) is 30.3 Å². The molecule has 0 saturated heterocycles. The Morgan fingerprint density at radius 2 is 1.95 bits per heavy atom. The van der Waals surface area contributed by atoms with Crippen molar-refractivity contribution in [3.05, 3.63) is 35.9 Å². The van der Waals surface area contributed by atoms with Crippen molar-refractivity contribution in [2.75, 3.05) is 39.6 Å². The molecule has 1 aromatic rings. The summed E-state index contributed by atoms with van der Waals surface area (Å²) in [5, 5.41) is 2.62.